The zero-order valence-electron chi connectivity index (χ0n) is 27.9. The Balaban J connectivity index is 1.24. The quantitative estimate of drug-likeness (QED) is 0.128. The fourth-order valence-corrected chi connectivity index (χ4v) is 13.1. The molecule has 0 N–H and O–H groups in total. The van der Waals surface area contributed by atoms with E-state index in [2.05, 4.69) is 193 Å². The molecule has 0 spiro atoms. The van der Waals surface area contributed by atoms with E-state index >= 15 is 0 Å². The fraction of sp³-hybridized carbons (Fsp3) is 0. The van der Waals surface area contributed by atoms with Gasteiger partial charge in [-0.05, 0) is 74.3 Å². The summed E-state index contributed by atoms with van der Waals surface area (Å²) in [6.45, 7) is 0. The van der Waals surface area contributed by atoms with E-state index in [4.69, 9.17) is 4.42 Å². The van der Waals surface area contributed by atoms with Crippen LogP contribution in [-0.4, -0.2) is 12.6 Å². The van der Waals surface area contributed by atoms with E-state index in [9.17, 15) is 0 Å². The Kier molecular flexibility index (Phi) is 6.86. The number of furan rings is 1. The number of hydrogen-bond acceptors (Lipinski definition) is 1. The molecular formula is C48H33NOSi. The smallest absolute Gasteiger partial charge is 0.179 e. The van der Waals surface area contributed by atoms with E-state index in [1.807, 2.05) is 12.1 Å². The number of fused-ring (bicyclic) bond motifs is 6. The van der Waals surface area contributed by atoms with E-state index in [-0.39, 0.29) is 0 Å². The van der Waals surface area contributed by atoms with Crippen LogP contribution in [0.25, 0.3) is 60.6 Å². The van der Waals surface area contributed by atoms with Crippen LogP contribution in [0.15, 0.2) is 205 Å². The van der Waals surface area contributed by atoms with Crippen molar-refractivity contribution in [2.24, 2.45) is 0 Å². The van der Waals surface area contributed by atoms with Gasteiger partial charge in [-0.3, -0.25) is 0 Å². The molecule has 2 nitrogen and oxygen atoms in total. The van der Waals surface area contributed by atoms with Crippen LogP contribution < -0.4 is 20.7 Å². The molecule has 0 saturated carbocycles. The van der Waals surface area contributed by atoms with Crippen molar-refractivity contribution in [3.05, 3.63) is 200 Å². The molecule has 0 aliphatic carbocycles. The molecule has 2 aromatic heterocycles. The van der Waals surface area contributed by atoms with Crippen molar-refractivity contribution in [2.45, 2.75) is 0 Å². The molecule has 0 unspecified atom stereocenters. The molecule has 0 bridgehead atoms. The third-order valence-electron chi connectivity index (χ3n) is 10.5. The average molecular weight is 668 g/mol. The second-order valence-corrected chi connectivity index (χ2v) is 17.1. The van der Waals surface area contributed by atoms with Crippen LogP contribution in [0.4, 0.5) is 0 Å². The van der Waals surface area contributed by atoms with Gasteiger partial charge in [0.1, 0.15) is 11.2 Å². The van der Waals surface area contributed by atoms with Gasteiger partial charge >= 0.3 is 0 Å². The van der Waals surface area contributed by atoms with Crippen LogP contribution >= 0.6 is 0 Å². The number of aromatic nitrogens is 1. The highest BCUT2D eigenvalue weighted by Gasteiger charge is 2.41. The summed E-state index contributed by atoms with van der Waals surface area (Å²) in [6.07, 6.45) is 0. The fourth-order valence-electron chi connectivity index (χ4n) is 8.29. The highest BCUT2D eigenvalue weighted by atomic mass is 28.3. The van der Waals surface area contributed by atoms with Crippen LogP contribution in [0.2, 0.25) is 0 Å². The van der Waals surface area contributed by atoms with Crippen molar-refractivity contribution >= 4 is 72.6 Å². The van der Waals surface area contributed by atoms with Gasteiger partial charge in [0.2, 0.25) is 0 Å². The summed E-state index contributed by atoms with van der Waals surface area (Å²) in [4.78, 5) is 0. The van der Waals surface area contributed by atoms with Crippen molar-refractivity contribution in [1.82, 2.24) is 4.57 Å². The predicted octanol–water partition coefficient (Wildman–Crippen LogP) is 9.73. The first-order valence-corrected chi connectivity index (χ1v) is 19.5. The summed E-state index contributed by atoms with van der Waals surface area (Å²) in [5, 5.41) is 10.2. The van der Waals surface area contributed by atoms with E-state index < -0.39 is 8.07 Å². The van der Waals surface area contributed by atoms with Crippen molar-refractivity contribution < 1.29 is 4.42 Å². The molecule has 0 aliphatic rings. The van der Waals surface area contributed by atoms with Gasteiger partial charge < -0.3 is 8.98 Å². The highest BCUT2D eigenvalue weighted by molar-refractivity contribution is 7.20. The first-order chi connectivity index (χ1) is 25.3. The lowest BCUT2D eigenvalue weighted by atomic mass is 10.0. The van der Waals surface area contributed by atoms with Gasteiger partial charge in [0.05, 0.1) is 11.0 Å². The first kappa shape index (κ1) is 29.5. The van der Waals surface area contributed by atoms with Crippen molar-refractivity contribution in [1.29, 1.82) is 0 Å². The molecule has 51 heavy (non-hydrogen) atoms. The Morgan fingerprint density at radius 2 is 0.843 bits per heavy atom. The molecule has 10 rings (SSSR count). The molecule has 0 amide bonds. The lowest BCUT2D eigenvalue weighted by Gasteiger charge is -2.35. The summed E-state index contributed by atoms with van der Waals surface area (Å²) < 4.78 is 8.63. The number of hydrogen-bond donors (Lipinski definition) is 0. The van der Waals surface area contributed by atoms with E-state index in [1.165, 1.54) is 59.4 Å². The topological polar surface area (TPSA) is 18.1 Å². The third-order valence-corrected chi connectivity index (χ3v) is 15.3. The average Bonchev–Trinajstić information content (AvgIpc) is 3.75. The van der Waals surface area contributed by atoms with Gasteiger partial charge in [-0.1, -0.05) is 158 Å². The maximum Gasteiger partial charge on any atom is 0.179 e. The molecule has 0 fully saturated rings. The Hall–Kier alpha value is -6.42. The van der Waals surface area contributed by atoms with E-state index in [1.54, 1.807) is 0 Å². The first-order valence-electron chi connectivity index (χ1n) is 17.5. The molecule has 3 heteroatoms. The number of para-hydroxylation sites is 3. The zero-order chi connectivity index (χ0) is 33.8. The number of rotatable bonds is 6. The molecule has 240 valence electrons. The SMILES string of the molecule is c1ccc([Si](c2ccccc2)(c2cccc(-c3ccc4oc5ccccc5c4c3)c2)c2cccc(-n3c4ccccc4c4ccccc43)c2)cc1. The largest absolute Gasteiger partial charge is 0.456 e. The minimum Gasteiger partial charge on any atom is -0.456 e. The summed E-state index contributed by atoms with van der Waals surface area (Å²) in [7, 11) is -2.86. The number of benzene rings is 8. The van der Waals surface area contributed by atoms with Crippen LogP contribution in [-0.2, 0) is 0 Å². The summed E-state index contributed by atoms with van der Waals surface area (Å²) >= 11 is 0. The second kappa shape index (κ2) is 11.9. The molecule has 0 aliphatic heterocycles. The van der Waals surface area contributed by atoms with E-state index in [0.29, 0.717) is 0 Å². The van der Waals surface area contributed by atoms with Crippen LogP contribution in [0.3, 0.4) is 0 Å². The Labute approximate surface area is 297 Å². The predicted molar refractivity (Wildman–Crippen MR) is 217 cm³/mol. The lowest BCUT2D eigenvalue weighted by molar-refractivity contribution is 0.669. The Bertz CT molecular complexity index is 2770. The van der Waals surface area contributed by atoms with Gasteiger partial charge in [-0.25, -0.2) is 0 Å². The van der Waals surface area contributed by atoms with Crippen LogP contribution in [0.5, 0.6) is 0 Å². The summed E-state index contributed by atoms with van der Waals surface area (Å²) in [5.74, 6) is 0. The van der Waals surface area contributed by atoms with Gasteiger partial charge in [0.25, 0.3) is 0 Å². The standard InChI is InChI=1S/C48H33NOSi/c1-3-17-37(18-4-1)51(38-19-5-2-6-20-38,39-21-13-15-34(31-39)35-29-30-48-44(32-35)43-25-9-12-28-47(43)50-48)40-22-14-16-36(33-40)49-45-26-10-7-23-41(45)42-24-8-11-27-46(42)49/h1-33H. The van der Waals surface area contributed by atoms with Gasteiger partial charge in [0.15, 0.2) is 8.07 Å². The zero-order valence-corrected chi connectivity index (χ0v) is 28.9. The second-order valence-electron chi connectivity index (χ2n) is 13.3. The Morgan fingerprint density at radius 1 is 0.333 bits per heavy atom. The van der Waals surface area contributed by atoms with Crippen molar-refractivity contribution in [2.75, 3.05) is 0 Å². The van der Waals surface area contributed by atoms with E-state index in [0.717, 1.165) is 21.9 Å². The molecule has 0 radical (unpaired) electrons. The maximum atomic E-state index is 6.19. The van der Waals surface area contributed by atoms with Gasteiger partial charge in [-0.15, -0.1) is 0 Å². The van der Waals surface area contributed by atoms with Crippen molar-refractivity contribution in [3.8, 4) is 16.8 Å². The molecule has 0 saturated heterocycles. The molecule has 8 aromatic carbocycles. The Morgan fingerprint density at radius 3 is 1.53 bits per heavy atom. The monoisotopic (exact) mass is 667 g/mol. The molecule has 0 atom stereocenters. The summed E-state index contributed by atoms with van der Waals surface area (Å²) in [6, 6.07) is 73.4. The molecular weight excluding hydrogens is 635 g/mol. The van der Waals surface area contributed by atoms with Gasteiger partial charge in [-0.2, -0.15) is 0 Å². The lowest BCUT2D eigenvalue weighted by Crippen LogP contribution is -2.74. The highest BCUT2D eigenvalue weighted by Crippen LogP contribution is 2.33. The molecule has 2 heterocycles. The maximum absolute atomic E-state index is 6.19. The number of nitrogens with zero attached hydrogens (tertiary/aromatic N) is 1. The third kappa shape index (κ3) is 4.63. The van der Waals surface area contributed by atoms with Crippen LogP contribution in [0, 0.1) is 0 Å². The summed E-state index contributed by atoms with van der Waals surface area (Å²) in [5.41, 5.74) is 7.80. The minimum atomic E-state index is -2.86. The van der Waals surface area contributed by atoms with Crippen LogP contribution in [0.1, 0.15) is 0 Å². The molecule has 10 aromatic rings. The van der Waals surface area contributed by atoms with Crippen molar-refractivity contribution in [3.63, 3.8) is 0 Å². The minimum absolute atomic E-state index is 0.912. The normalized spacial score (nSPS) is 11.9. The van der Waals surface area contributed by atoms with Gasteiger partial charge in [0, 0.05) is 27.2 Å².